The molecule has 0 amide bonds. The first-order valence-electron chi connectivity index (χ1n) is 6.73. The normalized spacial score (nSPS) is 14.6. The van der Waals surface area contributed by atoms with Gasteiger partial charge >= 0.3 is 0 Å². The van der Waals surface area contributed by atoms with Crippen molar-refractivity contribution in [1.29, 1.82) is 0 Å². The van der Waals surface area contributed by atoms with Crippen molar-refractivity contribution in [3.63, 3.8) is 0 Å². The topological polar surface area (TPSA) is 46.2 Å². The zero-order valence-corrected chi connectivity index (χ0v) is 14.1. The molecule has 1 rings (SSSR count). The van der Waals surface area contributed by atoms with Gasteiger partial charge < -0.3 is 5.32 Å². The van der Waals surface area contributed by atoms with Gasteiger partial charge in [-0.05, 0) is 45.4 Å². The summed E-state index contributed by atoms with van der Waals surface area (Å²) in [4.78, 5) is 2.60. The zero-order valence-electron chi connectivity index (χ0n) is 12.5. The van der Waals surface area contributed by atoms with Gasteiger partial charge in [-0.1, -0.05) is 13.8 Å². The van der Waals surface area contributed by atoms with E-state index in [1.54, 1.807) is 11.3 Å². The Morgan fingerprint density at radius 3 is 2.26 bits per heavy atom. The minimum absolute atomic E-state index is 0.0594. The van der Waals surface area contributed by atoms with Crippen LogP contribution in [-0.4, -0.2) is 32.0 Å². The molecule has 0 fully saturated rings. The van der Waals surface area contributed by atoms with Crippen molar-refractivity contribution >= 4 is 21.2 Å². The summed E-state index contributed by atoms with van der Waals surface area (Å²) in [5.41, 5.74) is 0. The quantitative estimate of drug-likeness (QED) is 0.842. The minimum Gasteiger partial charge on any atom is -0.312 e. The lowest BCUT2D eigenvalue weighted by molar-refractivity contribution is 0.415. The maximum atomic E-state index is 12.0. The van der Waals surface area contributed by atoms with Crippen molar-refractivity contribution in [3.05, 3.63) is 21.9 Å². The minimum atomic E-state index is -3.10. The van der Waals surface area contributed by atoms with Crippen LogP contribution in [0.3, 0.4) is 0 Å². The number of nitrogens with one attached hydrogen (secondary N) is 1. The lowest BCUT2D eigenvalue weighted by atomic mass is 9.99. The van der Waals surface area contributed by atoms with Crippen LogP contribution in [0.5, 0.6) is 0 Å². The number of sulfone groups is 1. The van der Waals surface area contributed by atoms with Crippen molar-refractivity contribution in [3.8, 4) is 0 Å². The van der Waals surface area contributed by atoms with E-state index in [2.05, 4.69) is 24.4 Å². The van der Waals surface area contributed by atoms with Crippen LogP contribution in [0.1, 0.15) is 37.4 Å². The molecule has 110 valence electrons. The Morgan fingerprint density at radius 2 is 1.84 bits per heavy atom. The van der Waals surface area contributed by atoms with E-state index in [-0.39, 0.29) is 6.04 Å². The summed E-state index contributed by atoms with van der Waals surface area (Å²) in [7, 11) is -3.10. The highest BCUT2D eigenvalue weighted by atomic mass is 32.2. The SMILES string of the molecule is CCNC(Cc1ccc(CC)s1)C(C)(C)S(C)(=O)=O. The van der Waals surface area contributed by atoms with Gasteiger partial charge in [0, 0.05) is 22.1 Å². The van der Waals surface area contributed by atoms with Gasteiger partial charge in [-0.3, -0.25) is 0 Å². The zero-order chi connectivity index (χ0) is 14.7. The molecule has 0 saturated carbocycles. The Balaban J connectivity index is 2.95. The smallest absolute Gasteiger partial charge is 0.154 e. The molecule has 0 radical (unpaired) electrons. The fourth-order valence-corrected chi connectivity index (χ4v) is 3.68. The molecule has 19 heavy (non-hydrogen) atoms. The molecule has 0 spiro atoms. The summed E-state index contributed by atoms with van der Waals surface area (Å²) in [6.45, 7) is 8.54. The molecule has 1 aromatic rings. The third-order valence-electron chi connectivity index (χ3n) is 3.72. The van der Waals surface area contributed by atoms with E-state index in [0.717, 1.165) is 19.4 Å². The molecular weight excluding hydrogens is 278 g/mol. The molecule has 0 aliphatic carbocycles. The molecule has 0 aliphatic rings. The van der Waals surface area contributed by atoms with Crippen LogP contribution in [0.25, 0.3) is 0 Å². The van der Waals surface area contributed by atoms with Crippen molar-refractivity contribution in [1.82, 2.24) is 5.32 Å². The lowest BCUT2D eigenvalue weighted by Gasteiger charge is -2.33. The van der Waals surface area contributed by atoms with Crippen molar-refractivity contribution in [2.45, 2.75) is 51.3 Å². The molecule has 5 heteroatoms. The Labute approximate surface area is 121 Å². The summed E-state index contributed by atoms with van der Waals surface area (Å²) in [5, 5.41) is 3.33. The lowest BCUT2D eigenvalue weighted by Crippen LogP contribution is -2.52. The third kappa shape index (κ3) is 4.04. The first-order valence-corrected chi connectivity index (χ1v) is 9.43. The highest BCUT2D eigenvalue weighted by molar-refractivity contribution is 7.92. The van der Waals surface area contributed by atoms with E-state index < -0.39 is 14.6 Å². The number of hydrogen-bond donors (Lipinski definition) is 1. The highest BCUT2D eigenvalue weighted by Crippen LogP contribution is 2.26. The van der Waals surface area contributed by atoms with E-state index in [4.69, 9.17) is 0 Å². The standard InChI is InChI=1S/C14H25NO2S2/c1-6-11-8-9-12(18-11)10-13(15-7-2)14(3,4)19(5,16)17/h8-9,13,15H,6-7,10H2,1-5H3. The number of likely N-dealkylation sites (N-methyl/N-ethyl adjacent to an activating group) is 1. The second-order valence-corrected chi connectivity index (χ2v) is 9.26. The van der Waals surface area contributed by atoms with Crippen LogP contribution in [0, 0.1) is 0 Å². The molecule has 1 atom stereocenters. The van der Waals surface area contributed by atoms with E-state index >= 15 is 0 Å². The van der Waals surface area contributed by atoms with Gasteiger partial charge in [0.2, 0.25) is 0 Å². The second kappa shape index (κ2) is 6.37. The van der Waals surface area contributed by atoms with Crippen LogP contribution in [0.2, 0.25) is 0 Å². The summed E-state index contributed by atoms with van der Waals surface area (Å²) in [6.07, 6.45) is 3.12. The number of rotatable bonds is 7. The third-order valence-corrected chi connectivity index (χ3v) is 7.16. The maximum absolute atomic E-state index is 12.0. The fourth-order valence-electron chi connectivity index (χ4n) is 1.99. The Bertz CT molecular complexity index is 503. The maximum Gasteiger partial charge on any atom is 0.154 e. The predicted molar refractivity (Wildman–Crippen MR) is 83.8 cm³/mol. The Kier molecular flexibility index (Phi) is 5.59. The van der Waals surface area contributed by atoms with Crippen LogP contribution < -0.4 is 5.32 Å². The van der Waals surface area contributed by atoms with E-state index in [9.17, 15) is 8.42 Å². The fraction of sp³-hybridized carbons (Fsp3) is 0.714. The molecule has 0 aliphatic heterocycles. The summed E-state index contributed by atoms with van der Waals surface area (Å²) in [6, 6.07) is 4.19. The first-order chi connectivity index (χ1) is 8.72. The molecular formula is C14H25NO2S2. The van der Waals surface area contributed by atoms with Crippen molar-refractivity contribution in [2.24, 2.45) is 0 Å². The monoisotopic (exact) mass is 303 g/mol. The summed E-state index contributed by atoms with van der Waals surface area (Å²) >= 11 is 1.78. The second-order valence-electron chi connectivity index (χ2n) is 5.41. The molecule has 1 unspecified atom stereocenters. The largest absolute Gasteiger partial charge is 0.312 e. The van der Waals surface area contributed by atoms with Crippen LogP contribution >= 0.6 is 11.3 Å². The number of aryl methyl sites for hydroxylation is 1. The van der Waals surface area contributed by atoms with Gasteiger partial charge in [0.15, 0.2) is 9.84 Å². The van der Waals surface area contributed by atoms with Crippen molar-refractivity contribution in [2.75, 3.05) is 12.8 Å². The Morgan fingerprint density at radius 1 is 1.26 bits per heavy atom. The van der Waals surface area contributed by atoms with Crippen LogP contribution in [0.15, 0.2) is 12.1 Å². The van der Waals surface area contributed by atoms with E-state index in [1.807, 2.05) is 20.8 Å². The van der Waals surface area contributed by atoms with Gasteiger partial charge in [-0.15, -0.1) is 11.3 Å². The number of thiophene rings is 1. The summed E-state index contributed by atoms with van der Waals surface area (Å²) < 4.78 is 23.2. The van der Waals surface area contributed by atoms with E-state index in [1.165, 1.54) is 16.0 Å². The van der Waals surface area contributed by atoms with Gasteiger partial charge in [-0.2, -0.15) is 0 Å². The molecule has 0 saturated heterocycles. The molecule has 1 aromatic heterocycles. The average molecular weight is 303 g/mol. The molecule has 1 heterocycles. The Hall–Kier alpha value is -0.390. The highest BCUT2D eigenvalue weighted by Gasteiger charge is 2.38. The van der Waals surface area contributed by atoms with Gasteiger partial charge in [0.05, 0.1) is 4.75 Å². The summed E-state index contributed by atoms with van der Waals surface area (Å²) in [5.74, 6) is 0. The predicted octanol–water partition coefficient (Wildman–Crippen LogP) is 2.65. The van der Waals surface area contributed by atoms with Gasteiger partial charge in [0.25, 0.3) is 0 Å². The van der Waals surface area contributed by atoms with Crippen molar-refractivity contribution < 1.29 is 8.42 Å². The average Bonchev–Trinajstić information content (AvgIpc) is 2.74. The van der Waals surface area contributed by atoms with E-state index in [0.29, 0.717) is 0 Å². The molecule has 1 N–H and O–H groups in total. The van der Waals surface area contributed by atoms with Gasteiger partial charge in [0.1, 0.15) is 0 Å². The first kappa shape index (κ1) is 16.7. The van der Waals surface area contributed by atoms with Crippen LogP contribution in [-0.2, 0) is 22.7 Å². The molecule has 3 nitrogen and oxygen atoms in total. The molecule has 0 bridgehead atoms. The van der Waals surface area contributed by atoms with Crippen LogP contribution in [0.4, 0.5) is 0 Å². The number of hydrogen-bond acceptors (Lipinski definition) is 4. The molecule has 0 aromatic carbocycles. The van der Waals surface area contributed by atoms with Gasteiger partial charge in [-0.25, -0.2) is 8.42 Å².